The van der Waals surface area contributed by atoms with E-state index in [9.17, 15) is 4.79 Å². The summed E-state index contributed by atoms with van der Waals surface area (Å²) in [6, 6.07) is 7.51. The molecule has 16 heavy (non-hydrogen) atoms. The lowest BCUT2D eigenvalue weighted by Crippen LogP contribution is -2.20. The second kappa shape index (κ2) is 5.02. The van der Waals surface area contributed by atoms with Crippen LogP contribution in [-0.4, -0.2) is 17.4 Å². The Morgan fingerprint density at radius 1 is 1.38 bits per heavy atom. The van der Waals surface area contributed by atoms with Crippen LogP contribution in [0.5, 0.6) is 0 Å². The number of halogens is 2. The van der Waals surface area contributed by atoms with E-state index in [2.05, 4.69) is 15.9 Å². The predicted molar refractivity (Wildman–Crippen MR) is 69.3 cm³/mol. The first-order valence-electron chi connectivity index (χ1n) is 5.10. The van der Waals surface area contributed by atoms with Gasteiger partial charge < -0.3 is 4.90 Å². The SMILES string of the molecule is O=C1CCCN1/C(Br)=C/c1ccc(Cl)cc1. The third-order valence-corrected chi connectivity index (χ3v) is 3.40. The van der Waals surface area contributed by atoms with Crippen molar-refractivity contribution in [2.24, 2.45) is 0 Å². The fourth-order valence-corrected chi connectivity index (χ4v) is 2.41. The van der Waals surface area contributed by atoms with Gasteiger partial charge in [0.1, 0.15) is 0 Å². The Morgan fingerprint density at radius 2 is 2.06 bits per heavy atom. The van der Waals surface area contributed by atoms with Crippen LogP contribution in [-0.2, 0) is 4.79 Å². The van der Waals surface area contributed by atoms with Crippen molar-refractivity contribution >= 4 is 39.5 Å². The maximum absolute atomic E-state index is 11.5. The summed E-state index contributed by atoms with van der Waals surface area (Å²) in [4.78, 5) is 13.3. The maximum atomic E-state index is 11.5. The monoisotopic (exact) mass is 299 g/mol. The number of carbonyl (C=O) groups excluding carboxylic acids is 1. The van der Waals surface area contributed by atoms with E-state index in [4.69, 9.17) is 11.6 Å². The summed E-state index contributed by atoms with van der Waals surface area (Å²) in [5.74, 6) is 0.178. The highest BCUT2D eigenvalue weighted by Gasteiger charge is 2.21. The van der Waals surface area contributed by atoms with Gasteiger partial charge in [0, 0.05) is 18.0 Å². The average molecular weight is 301 g/mol. The molecule has 2 nitrogen and oxygen atoms in total. The Bertz CT molecular complexity index is 427. The van der Waals surface area contributed by atoms with E-state index in [1.165, 1.54) is 0 Å². The van der Waals surface area contributed by atoms with E-state index in [1.54, 1.807) is 4.90 Å². The molecule has 1 fully saturated rings. The van der Waals surface area contributed by atoms with Crippen LogP contribution in [0.3, 0.4) is 0 Å². The summed E-state index contributed by atoms with van der Waals surface area (Å²) in [6.45, 7) is 0.795. The Balaban J connectivity index is 2.17. The smallest absolute Gasteiger partial charge is 0.227 e. The molecule has 1 saturated heterocycles. The Kier molecular flexibility index (Phi) is 3.66. The lowest BCUT2D eigenvalue weighted by Gasteiger charge is -2.14. The Labute approximate surface area is 108 Å². The van der Waals surface area contributed by atoms with Crippen LogP contribution in [0.15, 0.2) is 28.9 Å². The van der Waals surface area contributed by atoms with Crippen molar-refractivity contribution in [3.63, 3.8) is 0 Å². The van der Waals surface area contributed by atoms with Crippen LogP contribution in [0, 0.1) is 0 Å². The highest BCUT2D eigenvalue weighted by atomic mass is 79.9. The molecule has 0 spiro atoms. The number of nitrogens with zero attached hydrogens (tertiary/aromatic N) is 1. The minimum absolute atomic E-state index is 0.178. The molecule has 0 atom stereocenters. The molecular weight excluding hydrogens is 289 g/mol. The van der Waals surface area contributed by atoms with Gasteiger partial charge in [0.25, 0.3) is 0 Å². The van der Waals surface area contributed by atoms with Gasteiger partial charge in [0.2, 0.25) is 5.91 Å². The van der Waals surface area contributed by atoms with Crippen molar-refractivity contribution in [2.75, 3.05) is 6.54 Å². The summed E-state index contributed by atoms with van der Waals surface area (Å²) in [5, 5.41) is 0.713. The molecule has 84 valence electrons. The van der Waals surface area contributed by atoms with Crippen LogP contribution in [0.2, 0.25) is 5.02 Å². The van der Waals surface area contributed by atoms with Gasteiger partial charge in [0.15, 0.2) is 0 Å². The molecule has 1 aromatic carbocycles. The first kappa shape index (κ1) is 11.7. The largest absolute Gasteiger partial charge is 0.306 e. The topological polar surface area (TPSA) is 20.3 Å². The van der Waals surface area contributed by atoms with Gasteiger partial charge in [-0.05, 0) is 46.1 Å². The van der Waals surface area contributed by atoms with Gasteiger partial charge in [-0.1, -0.05) is 23.7 Å². The molecule has 0 saturated carbocycles. The second-order valence-corrected chi connectivity index (χ2v) is 4.92. The minimum atomic E-state index is 0.178. The summed E-state index contributed by atoms with van der Waals surface area (Å²) in [7, 11) is 0. The van der Waals surface area contributed by atoms with Gasteiger partial charge in [-0.3, -0.25) is 4.79 Å². The fraction of sp³-hybridized carbons (Fsp3) is 0.250. The molecule has 0 N–H and O–H groups in total. The molecule has 1 heterocycles. The molecule has 0 unspecified atom stereocenters. The maximum Gasteiger partial charge on any atom is 0.227 e. The number of benzene rings is 1. The van der Waals surface area contributed by atoms with Crippen LogP contribution < -0.4 is 0 Å². The summed E-state index contributed by atoms with van der Waals surface area (Å²) in [5.41, 5.74) is 1.02. The summed E-state index contributed by atoms with van der Waals surface area (Å²) >= 11 is 9.24. The van der Waals surface area contributed by atoms with Crippen LogP contribution in [0.1, 0.15) is 18.4 Å². The van der Waals surface area contributed by atoms with Crippen molar-refractivity contribution in [2.45, 2.75) is 12.8 Å². The second-order valence-electron chi connectivity index (χ2n) is 3.67. The molecule has 0 aliphatic carbocycles. The first-order valence-corrected chi connectivity index (χ1v) is 6.27. The number of amides is 1. The van der Waals surface area contributed by atoms with Gasteiger partial charge in [-0.15, -0.1) is 0 Å². The molecule has 2 rings (SSSR count). The lowest BCUT2D eigenvalue weighted by molar-refractivity contribution is -0.125. The van der Waals surface area contributed by atoms with Crippen molar-refractivity contribution < 1.29 is 4.79 Å². The van der Waals surface area contributed by atoms with Crippen molar-refractivity contribution in [1.29, 1.82) is 0 Å². The van der Waals surface area contributed by atoms with Crippen molar-refractivity contribution in [1.82, 2.24) is 4.90 Å². The standard InChI is InChI=1S/C12H11BrClNO/c13-11(15-7-1-2-12(15)16)8-9-3-5-10(14)6-4-9/h3-6,8H,1-2,7H2/b11-8+. The van der Waals surface area contributed by atoms with E-state index in [1.807, 2.05) is 30.3 Å². The van der Waals surface area contributed by atoms with E-state index in [0.717, 1.165) is 23.1 Å². The zero-order valence-electron chi connectivity index (χ0n) is 8.62. The molecule has 0 bridgehead atoms. The quantitative estimate of drug-likeness (QED) is 0.763. The lowest BCUT2D eigenvalue weighted by atomic mass is 10.2. The van der Waals surface area contributed by atoms with Gasteiger partial charge >= 0.3 is 0 Å². The number of likely N-dealkylation sites (tertiary alicyclic amines) is 1. The third-order valence-electron chi connectivity index (χ3n) is 2.49. The zero-order chi connectivity index (χ0) is 11.5. The highest BCUT2D eigenvalue weighted by molar-refractivity contribution is 9.11. The molecule has 1 amide bonds. The van der Waals surface area contributed by atoms with Crippen molar-refractivity contribution in [3.8, 4) is 0 Å². The molecule has 1 aliphatic heterocycles. The van der Waals surface area contributed by atoms with Crippen molar-refractivity contribution in [3.05, 3.63) is 39.5 Å². The first-order chi connectivity index (χ1) is 7.66. The Hall–Kier alpha value is -0.800. The number of rotatable bonds is 2. The van der Waals surface area contributed by atoms with Gasteiger partial charge in [-0.25, -0.2) is 0 Å². The highest BCUT2D eigenvalue weighted by Crippen LogP contribution is 2.23. The van der Waals surface area contributed by atoms with E-state index < -0.39 is 0 Å². The summed E-state index contributed by atoms with van der Waals surface area (Å²) < 4.78 is 0.817. The van der Waals surface area contributed by atoms with Gasteiger partial charge in [-0.2, -0.15) is 0 Å². The minimum Gasteiger partial charge on any atom is -0.306 e. The Morgan fingerprint density at radius 3 is 2.62 bits per heavy atom. The van der Waals surface area contributed by atoms with E-state index in [0.29, 0.717) is 11.4 Å². The van der Waals surface area contributed by atoms with E-state index in [-0.39, 0.29) is 5.91 Å². The van der Waals surface area contributed by atoms with Gasteiger partial charge in [0.05, 0.1) is 4.61 Å². The number of carbonyl (C=O) groups is 1. The normalized spacial score (nSPS) is 17.0. The molecule has 1 aliphatic rings. The summed E-state index contributed by atoms with van der Waals surface area (Å²) in [6.07, 6.45) is 3.51. The van der Waals surface area contributed by atoms with Crippen LogP contribution in [0.25, 0.3) is 6.08 Å². The van der Waals surface area contributed by atoms with Crippen LogP contribution >= 0.6 is 27.5 Å². The van der Waals surface area contributed by atoms with Crippen LogP contribution in [0.4, 0.5) is 0 Å². The molecule has 4 heteroatoms. The number of hydrogen-bond acceptors (Lipinski definition) is 1. The molecule has 0 aromatic heterocycles. The number of hydrogen-bond donors (Lipinski definition) is 0. The van der Waals surface area contributed by atoms with E-state index >= 15 is 0 Å². The average Bonchev–Trinajstić information content (AvgIpc) is 2.68. The molecular formula is C12H11BrClNO. The predicted octanol–water partition coefficient (Wildman–Crippen LogP) is 3.66. The third kappa shape index (κ3) is 2.66. The molecule has 1 aromatic rings. The fourth-order valence-electron chi connectivity index (χ4n) is 1.65. The molecule has 0 radical (unpaired) electrons. The zero-order valence-corrected chi connectivity index (χ0v) is 11.0.